The van der Waals surface area contributed by atoms with E-state index in [1.54, 1.807) is 12.1 Å². The minimum Gasteiger partial charge on any atom is -0.406 e. The standard InChI is InChI=1S/C13H16F3N2O/c14-13(15,16)19-12-3-1-11(2-4-12)18-9-10-5-7-17-8-6-10/h1-4,10,18H,5-9H2. The lowest BCUT2D eigenvalue weighted by molar-refractivity contribution is -0.274. The lowest BCUT2D eigenvalue weighted by Gasteiger charge is -2.22. The zero-order valence-electron chi connectivity index (χ0n) is 10.4. The number of hydrogen-bond donors (Lipinski definition) is 1. The van der Waals surface area contributed by atoms with Crippen molar-refractivity contribution < 1.29 is 17.9 Å². The van der Waals surface area contributed by atoms with Crippen molar-refractivity contribution in [3.8, 4) is 5.75 Å². The monoisotopic (exact) mass is 273 g/mol. The molecule has 0 unspecified atom stereocenters. The summed E-state index contributed by atoms with van der Waals surface area (Å²) < 4.78 is 39.8. The van der Waals surface area contributed by atoms with Crippen LogP contribution in [-0.4, -0.2) is 26.0 Å². The molecule has 1 N–H and O–H groups in total. The van der Waals surface area contributed by atoms with E-state index in [0.29, 0.717) is 5.92 Å². The van der Waals surface area contributed by atoms with Crippen LogP contribution in [0.3, 0.4) is 0 Å². The fourth-order valence-electron chi connectivity index (χ4n) is 2.04. The number of alkyl halides is 3. The van der Waals surface area contributed by atoms with Crippen LogP contribution < -0.4 is 15.4 Å². The molecule has 1 fully saturated rings. The summed E-state index contributed by atoms with van der Waals surface area (Å²) in [6.07, 6.45) is -2.49. The Kier molecular flexibility index (Phi) is 4.52. The minimum atomic E-state index is -4.64. The predicted octanol–water partition coefficient (Wildman–Crippen LogP) is 3.01. The van der Waals surface area contributed by atoms with E-state index < -0.39 is 6.36 Å². The number of ether oxygens (including phenoxy) is 1. The first kappa shape index (κ1) is 14.0. The van der Waals surface area contributed by atoms with Gasteiger partial charge < -0.3 is 10.1 Å². The largest absolute Gasteiger partial charge is 0.573 e. The normalized spacial score (nSPS) is 17.2. The molecule has 0 spiro atoms. The van der Waals surface area contributed by atoms with Gasteiger partial charge in [0, 0.05) is 25.3 Å². The van der Waals surface area contributed by atoms with Gasteiger partial charge in [-0.3, -0.25) is 0 Å². The first-order valence-electron chi connectivity index (χ1n) is 6.26. The molecule has 0 bridgehead atoms. The number of anilines is 1. The maximum atomic E-state index is 12.0. The molecule has 2 rings (SSSR count). The molecule has 0 saturated carbocycles. The molecule has 0 aromatic heterocycles. The molecule has 1 radical (unpaired) electrons. The first-order chi connectivity index (χ1) is 9.03. The SMILES string of the molecule is FC(F)(F)Oc1ccc(NCC2CC[N]CC2)cc1. The van der Waals surface area contributed by atoms with Crippen LogP contribution >= 0.6 is 0 Å². The van der Waals surface area contributed by atoms with Crippen molar-refractivity contribution in [2.75, 3.05) is 25.0 Å². The summed E-state index contributed by atoms with van der Waals surface area (Å²) in [7, 11) is 0. The van der Waals surface area contributed by atoms with E-state index >= 15 is 0 Å². The fraction of sp³-hybridized carbons (Fsp3) is 0.538. The van der Waals surface area contributed by atoms with E-state index in [1.807, 2.05) is 0 Å². The molecule has 0 atom stereocenters. The second-order valence-corrected chi connectivity index (χ2v) is 4.57. The van der Waals surface area contributed by atoms with E-state index in [1.165, 1.54) is 12.1 Å². The predicted molar refractivity (Wildman–Crippen MR) is 66.2 cm³/mol. The second kappa shape index (κ2) is 6.14. The lowest BCUT2D eigenvalue weighted by Crippen LogP contribution is -2.27. The van der Waals surface area contributed by atoms with Gasteiger partial charge in [-0.1, -0.05) is 0 Å². The third kappa shape index (κ3) is 4.98. The summed E-state index contributed by atoms with van der Waals surface area (Å²) in [5, 5.41) is 7.50. The molecule has 1 aliphatic heterocycles. The van der Waals surface area contributed by atoms with Crippen LogP contribution in [0, 0.1) is 5.92 Å². The van der Waals surface area contributed by atoms with E-state index in [-0.39, 0.29) is 5.75 Å². The van der Waals surface area contributed by atoms with E-state index in [2.05, 4.69) is 15.4 Å². The highest BCUT2D eigenvalue weighted by Crippen LogP contribution is 2.24. The summed E-state index contributed by atoms with van der Waals surface area (Å²) >= 11 is 0. The average Bonchev–Trinajstić information content (AvgIpc) is 2.37. The summed E-state index contributed by atoms with van der Waals surface area (Å²) in [4.78, 5) is 0. The van der Waals surface area contributed by atoms with Crippen molar-refractivity contribution in [1.82, 2.24) is 5.32 Å². The van der Waals surface area contributed by atoms with Crippen molar-refractivity contribution in [1.29, 1.82) is 0 Å². The van der Waals surface area contributed by atoms with Gasteiger partial charge in [-0.25, -0.2) is 5.32 Å². The van der Waals surface area contributed by atoms with Gasteiger partial charge in [0.1, 0.15) is 5.75 Å². The summed E-state index contributed by atoms with van der Waals surface area (Å²) in [5.41, 5.74) is 0.803. The smallest absolute Gasteiger partial charge is 0.406 e. The van der Waals surface area contributed by atoms with Crippen LogP contribution in [-0.2, 0) is 0 Å². The Morgan fingerprint density at radius 1 is 1.16 bits per heavy atom. The van der Waals surface area contributed by atoms with Crippen LogP contribution in [0.5, 0.6) is 5.75 Å². The molecule has 105 valence electrons. The summed E-state index contributed by atoms with van der Waals surface area (Å²) in [6, 6.07) is 5.81. The zero-order chi connectivity index (χ0) is 13.7. The average molecular weight is 273 g/mol. The van der Waals surface area contributed by atoms with Crippen molar-refractivity contribution in [3.63, 3.8) is 0 Å². The number of benzene rings is 1. The van der Waals surface area contributed by atoms with Crippen LogP contribution in [0.1, 0.15) is 12.8 Å². The Hall–Kier alpha value is -1.43. The molecule has 1 saturated heterocycles. The Morgan fingerprint density at radius 3 is 2.37 bits per heavy atom. The van der Waals surface area contributed by atoms with Crippen molar-refractivity contribution in [3.05, 3.63) is 24.3 Å². The van der Waals surface area contributed by atoms with Gasteiger partial charge in [0.2, 0.25) is 0 Å². The third-order valence-corrected chi connectivity index (χ3v) is 3.07. The Balaban J connectivity index is 1.81. The highest BCUT2D eigenvalue weighted by molar-refractivity contribution is 5.46. The highest BCUT2D eigenvalue weighted by atomic mass is 19.4. The lowest BCUT2D eigenvalue weighted by atomic mass is 9.98. The molecule has 1 aromatic carbocycles. The van der Waals surface area contributed by atoms with Gasteiger partial charge >= 0.3 is 6.36 Å². The molecule has 0 amide bonds. The van der Waals surface area contributed by atoms with Crippen molar-refractivity contribution in [2.45, 2.75) is 19.2 Å². The van der Waals surface area contributed by atoms with E-state index in [4.69, 9.17) is 0 Å². The van der Waals surface area contributed by atoms with Gasteiger partial charge in [0.05, 0.1) is 0 Å². The van der Waals surface area contributed by atoms with Crippen LogP contribution in [0.25, 0.3) is 0 Å². The number of nitrogens with zero attached hydrogens (tertiary/aromatic N) is 1. The van der Waals surface area contributed by atoms with Crippen LogP contribution in [0.4, 0.5) is 18.9 Å². The maximum Gasteiger partial charge on any atom is 0.573 e. The number of hydrogen-bond acceptors (Lipinski definition) is 2. The molecule has 1 aromatic rings. The number of halogens is 3. The van der Waals surface area contributed by atoms with Gasteiger partial charge in [-0.15, -0.1) is 13.2 Å². The number of piperidine rings is 1. The van der Waals surface area contributed by atoms with Crippen LogP contribution in [0.15, 0.2) is 24.3 Å². The Morgan fingerprint density at radius 2 is 1.79 bits per heavy atom. The van der Waals surface area contributed by atoms with Gasteiger partial charge in [-0.2, -0.15) is 0 Å². The van der Waals surface area contributed by atoms with Crippen LogP contribution in [0.2, 0.25) is 0 Å². The quantitative estimate of drug-likeness (QED) is 0.915. The summed E-state index contributed by atoms with van der Waals surface area (Å²) in [5.74, 6) is 0.387. The maximum absolute atomic E-state index is 12.0. The molecule has 3 nitrogen and oxygen atoms in total. The zero-order valence-corrected chi connectivity index (χ0v) is 10.4. The van der Waals surface area contributed by atoms with Crippen molar-refractivity contribution >= 4 is 5.69 Å². The van der Waals surface area contributed by atoms with Gasteiger partial charge in [0.25, 0.3) is 0 Å². The van der Waals surface area contributed by atoms with Crippen molar-refractivity contribution in [2.24, 2.45) is 5.92 Å². The van der Waals surface area contributed by atoms with Gasteiger partial charge in [-0.05, 0) is 43.0 Å². The molecule has 1 heterocycles. The molecule has 6 heteroatoms. The molecule has 0 aliphatic carbocycles. The van der Waals surface area contributed by atoms with Gasteiger partial charge in [0.15, 0.2) is 0 Å². The molecular weight excluding hydrogens is 257 g/mol. The van der Waals surface area contributed by atoms with E-state index in [0.717, 1.165) is 38.2 Å². The van der Waals surface area contributed by atoms with E-state index in [9.17, 15) is 13.2 Å². The second-order valence-electron chi connectivity index (χ2n) is 4.57. The third-order valence-electron chi connectivity index (χ3n) is 3.07. The Labute approximate surface area is 110 Å². The number of nitrogens with one attached hydrogen (secondary N) is 1. The first-order valence-corrected chi connectivity index (χ1v) is 6.26. The molecule has 1 aliphatic rings. The summed E-state index contributed by atoms with van der Waals surface area (Å²) in [6.45, 7) is 2.64. The highest BCUT2D eigenvalue weighted by Gasteiger charge is 2.30. The molecule has 19 heavy (non-hydrogen) atoms. The topological polar surface area (TPSA) is 35.4 Å². The molecular formula is C13H16F3N2O. The minimum absolute atomic E-state index is 0.200. The fourth-order valence-corrected chi connectivity index (χ4v) is 2.04. The Bertz CT molecular complexity index is 386. The number of rotatable bonds is 4.